The minimum Gasteiger partial charge on any atom is -0.492 e. The fourth-order valence-corrected chi connectivity index (χ4v) is 3.77. The van der Waals surface area contributed by atoms with E-state index in [0.29, 0.717) is 41.2 Å². The van der Waals surface area contributed by atoms with E-state index in [1.54, 1.807) is 18.2 Å². The van der Waals surface area contributed by atoms with E-state index in [1.807, 2.05) is 0 Å². The maximum Gasteiger partial charge on any atom is 0.306 e. The Bertz CT molecular complexity index is 566. The van der Waals surface area contributed by atoms with Crippen LogP contribution in [0.4, 0.5) is 0 Å². The standard InChI is InChI=1S/C19H27Cl2NO3/c1-22(2)13-14-6-3-4-7-17(14)25-19(23)8-5-11-24-18-10-9-15(20)12-16(18)21/h9-10,12,14,17H,3-8,11,13H2,1-2H3/p+1/t14-,17+/m0/s1. The summed E-state index contributed by atoms with van der Waals surface area (Å²) in [7, 11) is 4.29. The van der Waals surface area contributed by atoms with Crippen LogP contribution in [0.15, 0.2) is 18.2 Å². The van der Waals surface area contributed by atoms with Gasteiger partial charge in [0.1, 0.15) is 11.9 Å². The average Bonchev–Trinajstić information content (AvgIpc) is 2.54. The second-order valence-corrected chi connectivity index (χ2v) is 7.85. The van der Waals surface area contributed by atoms with Crippen LogP contribution >= 0.6 is 23.2 Å². The number of ether oxygens (including phenoxy) is 2. The highest BCUT2D eigenvalue weighted by molar-refractivity contribution is 6.35. The second kappa shape index (κ2) is 10.2. The first-order valence-corrected chi connectivity index (χ1v) is 9.77. The monoisotopic (exact) mass is 388 g/mol. The third kappa shape index (κ3) is 7.04. The molecule has 0 unspecified atom stereocenters. The van der Waals surface area contributed by atoms with Crippen molar-refractivity contribution in [3.63, 3.8) is 0 Å². The summed E-state index contributed by atoms with van der Waals surface area (Å²) in [5.74, 6) is 0.934. The normalized spacial score (nSPS) is 20.5. The SMILES string of the molecule is C[NH+](C)C[C@@H]1CCCC[C@H]1OC(=O)CCCOc1ccc(Cl)cc1Cl. The maximum atomic E-state index is 12.1. The van der Waals surface area contributed by atoms with Crippen LogP contribution in [0, 0.1) is 5.92 Å². The van der Waals surface area contributed by atoms with Crippen molar-refractivity contribution in [1.82, 2.24) is 0 Å². The smallest absolute Gasteiger partial charge is 0.306 e. The van der Waals surface area contributed by atoms with Crippen molar-refractivity contribution < 1.29 is 19.2 Å². The van der Waals surface area contributed by atoms with Crippen molar-refractivity contribution in [2.24, 2.45) is 5.92 Å². The van der Waals surface area contributed by atoms with Crippen molar-refractivity contribution in [2.45, 2.75) is 44.6 Å². The molecule has 0 amide bonds. The van der Waals surface area contributed by atoms with Gasteiger partial charge in [0.2, 0.25) is 0 Å². The first-order chi connectivity index (χ1) is 12.0. The minimum atomic E-state index is -0.128. The number of rotatable bonds is 8. The number of nitrogens with one attached hydrogen (secondary N) is 1. The Balaban J connectivity index is 1.70. The van der Waals surface area contributed by atoms with Gasteiger partial charge in [-0.25, -0.2) is 0 Å². The third-order valence-electron chi connectivity index (χ3n) is 4.47. The Morgan fingerprint density at radius 2 is 2.00 bits per heavy atom. The third-order valence-corrected chi connectivity index (χ3v) is 5.00. The van der Waals surface area contributed by atoms with Gasteiger partial charge in [0.25, 0.3) is 0 Å². The van der Waals surface area contributed by atoms with E-state index in [-0.39, 0.29) is 12.1 Å². The molecule has 6 heteroatoms. The summed E-state index contributed by atoms with van der Waals surface area (Å²) in [4.78, 5) is 13.5. The second-order valence-electron chi connectivity index (χ2n) is 7.01. The lowest BCUT2D eigenvalue weighted by Crippen LogP contribution is -3.06. The Kier molecular flexibility index (Phi) is 8.34. The number of carbonyl (C=O) groups is 1. The molecule has 0 bridgehead atoms. The highest BCUT2D eigenvalue weighted by Crippen LogP contribution is 2.28. The molecule has 1 aliphatic carbocycles. The quantitative estimate of drug-likeness (QED) is 0.547. The van der Waals surface area contributed by atoms with Gasteiger partial charge in [0.15, 0.2) is 0 Å². The molecule has 1 N–H and O–H groups in total. The number of carbonyl (C=O) groups excluding carboxylic acids is 1. The number of quaternary nitrogens is 1. The Morgan fingerprint density at radius 1 is 1.24 bits per heavy atom. The number of halogens is 2. The molecular weight excluding hydrogens is 361 g/mol. The summed E-state index contributed by atoms with van der Waals surface area (Å²) >= 11 is 11.9. The van der Waals surface area contributed by atoms with E-state index in [0.717, 1.165) is 25.8 Å². The summed E-state index contributed by atoms with van der Waals surface area (Å²) < 4.78 is 11.3. The maximum absolute atomic E-state index is 12.1. The highest BCUT2D eigenvalue weighted by atomic mass is 35.5. The molecule has 0 radical (unpaired) electrons. The summed E-state index contributed by atoms with van der Waals surface area (Å²) in [6.07, 6.45) is 5.57. The predicted octanol–water partition coefficient (Wildman–Crippen LogP) is 3.40. The van der Waals surface area contributed by atoms with Crippen LogP contribution in [0.1, 0.15) is 38.5 Å². The molecule has 0 saturated heterocycles. The van der Waals surface area contributed by atoms with E-state index < -0.39 is 0 Å². The molecule has 0 aromatic heterocycles. The van der Waals surface area contributed by atoms with Gasteiger partial charge < -0.3 is 14.4 Å². The zero-order chi connectivity index (χ0) is 18.2. The van der Waals surface area contributed by atoms with E-state index in [2.05, 4.69) is 14.1 Å². The lowest BCUT2D eigenvalue weighted by Gasteiger charge is -2.31. The molecule has 25 heavy (non-hydrogen) atoms. The van der Waals surface area contributed by atoms with Gasteiger partial charge in [-0.05, 0) is 43.9 Å². The van der Waals surface area contributed by atoms with Crippen molar-refractivity contribution >= 4 is 29.2 Å². The number of esters is 1. The van der Waals surface area contributed by atoms with Gasteiger partial charge >= 0.3 is 5.97 Å². The fraction of sp³-hybridized carbons (Fsp3) is 0.632. The first-order valence-electron chi connectivity index (χ1n) is 9.02. The molecule has 0 heterocycles. The zero-order valence-corrected chi connectivity index (χ0v) is 16.5. The van der Waals surface area contributed by atoms with Gasteiger partial charge in [-0.2, -0.15) is 0 Å². The van der Waals surface area contributed by atoms with Crippen LogP contribution in [0.25, 0.3) is 0 Å². The van der Waals surface area contributed by atoms with Crippen molar-refractivity contribution in [2.75, 3.05) is 27.2 Å². The summed E-state index contributed by atoms with van der Waals surface area (Å²) in [5, 5.41) is 1.05. The van der Waals surface area contributed by atoms with E-state index in [4.69, 9.17) is 32.7 Å². The Morgan fingerprint density at radius 3 is 2.72 bits per heavy atom. The Labute approximate surface area is 160 Å². The van der Waals surface area contributed by atoms with Gasteiger partial charge in [-0.15, -0.1) is 0 Å². The van der Waals surface area contributed by atoms with Gasteiger partial charge in [0.05, 0.1) is 32.3 Å². The molecule has 1 aromatic carbocycles. The molecular formula is C19H28Cl2NO3+. The van der Waals surface area contributed by atoms with Crippen LogP contribution in [0.5, 0.6) is 5.75 Å². The molecule has 1 aromatic rings. The first kappa shape index (κ1) is 20.3. The highest BCUT2D eigenvalue weighted by Gasteiger charge is 2.30. The van der Waals surface area contributed by atoms with Crippen LogP contribution in [0.3, 0.4) is 0 Å². The molecule has 2 atom stereocenters. The lowest BCUT2D eigenvalue weighted by atomic mass is 9.86. The molecule has 1 saturated carbocycles. The summed E-state index contributed by atoms with van der Waals surface area (Å²) in [6, 6.07) is 5.11. The summed E-state index contributed by atoms with van der Waals surface area (Å²) in [6.45, 7) is 1.47. The number of hydrogen-bond acceptors (Lipinski definition) is 3. The van der Waals surface area contributed by atoms with Crippen molar-refractivity contribution in [3.05, 3.63) is 28.2 Å². The summed E-state index contributed by atoms with van der Waals surface area (Å²) in [5.41, 5.74) is 0. The van der Waals surface area contributed by atoms with Gasteiger partial charge in [0, 0.05) is 17.4 Å². The topological polar surface area (TPSA) is 40.0 Å². The molecule has 0 aliphatic heterocycles. The van der Waals surface area contributed by atoms with E-state index >= 15 is 0 Å². The fourth-order valence-electron chi connectivity index (χ4n) is 3.31. The van der Waals surface area contributed by atoms with Crippen molar-refractivity contribution in [3.8, 4) is 5.75 Å². The minimum absolute atomic E-state index is 0.0720. The predicted molar refractivity (Wildman–Crippen MR) is 101 cm³/mol. The lowest BCUT2D eigenvalue weighted by molar-refractivity contribution is -0.862. The van der Waals surface area contributed by atoms with Crippen molar-refractivity contribution in [1.29, 1.82) is 0 Å². The molecule has 0 spiro atoms. The van der Waals surface area contributed by atoms with E-state index in [9.17, 15) is 4.79 Å². The van der Waals surface area contributed by atoms with Crippen LogP contribution in [0.2, 0.25) is 10.0 Å². The molecule has 2 rings (SSSR count). The Hall–Kier alpha value is -0.970. The van der Waals surface area contributed by atoms with Crippen LogP contribution in [-0.2, 0) is 9.53 Å². The number of hydrogen-bond donors (Lipinski definition) is 1. The molecule has 1 fully saturated rings. The van der Waals surface area contributed by atoms with Gasteiger partial charge in [-0.1, -0.05) is 29.6 Å². The van der Waals surface area contributed by atoms with Gasteiger partial charge in [-0.3, -0.25) is 4.79 Å². The largest absolute Gasteiger partial charge is 0.492 e. The molecule has 1 aliphatic rings. The zero-order valence-electron chi connectivity index (χ0n) is 15.0. The molecule has 4 nitrogen and oxygen atoms in total. The molecule has 140 valence electrons. The van der Waals surface area contributed by atoms with E-state index in [1.165, 1.54) is 11.3 Å². The van der Waals surface area contributed by atoms with Crippen LogP contribution in [-0.4, -0.2) is 39.3 Å². The van der Waals surface area contributed by atoms with Crippen LogP contribution < -0.4 is 9.64 Å². The number of benzene rings is 1. The average molecular weight is 389 g/mol.